The van der Waals surface area contributed by atoms with E-state index in [0.29, 0.717) is 0 Å². The fourth-order valence-corrected chi connectivity index (χ4v) is 1.46. The van der Waals surface area contributed by atoms with Gasteiger partial charge in [-0.2, -0.15) is 0 Å². The topological polar surface area (TPSA) is 167 Å². The first-order valence-electron chi connectivity index (χ1n) is 4.36. The van der Waals surface area contributed by atoms with Gasteiger partial charge in [0.05, 0.1) is 24.8 Å². The van der Waals surface area contributed by atoms with Crippen molar-refractivity contribution in [2.75, 3.05) is 6.61 Å². The van der Waals surface area contributed by atoms with Gasteiger partial charge < -0.3 is 20.1 Å². The first-order valence-corrected chi connectivity index (χ1v) is 4.36. The summed E-state index contributed by atoms with van der Waals surface area (Å²) in [5.41, 5.74) is 16.6. The highest BCUT2D eigenvalue weighted by Crippen LogP contribution is 2.24. The minimum atomic E-state index is -1.54. The van der Waals surface area contributed by atoms with E-state index >= 15 is 0 Å². The smallest absolute Gasteiger partial charge is 0.164 e. The molecular weight excluding hydrogens is 220 g/mol. The predicted molar refractivity (Wildman–Crippen MR) is 49.8 cm³/mol. The Bertz CT molecular complexity index is 338. The normalized spacial score (nSPS) is 38.3. The van der Waals surface area contributed by atoms with Crippen molar-refractivity contribution < 1.29 is 20.1 Å². The molecule has 1 aliphatic rings. The zero-order chi connectivity index (χ0) is 12.1. The second kappa shape index (κ2) is 5.52. The van der Waals surface area contributed by atoms with Gasteiger partial charge in [-0.05, 0) is 11.1 Å². The molecule has 10 nitrogen and oxygen atoms in total. The Morgan fingerprint density at radius 1 is 1.12 bits per heavy atom. The lowest BCUT2D eigenvalue weighted by molar-refractivity contribution is -0.221. The standard InChI is InChI=1S/C6H10N6O4/c7-11-9-3-4(10-12-8)6(15)16-2(1-13)5(3)14/h2-6,13-15H,1H2/t2-,3-,4+,5-,6?/m1/s1. The lowest BCUT2D eigenvalue weighted by Crippen LogP contribution is -2.56. The first-order chi connectivity index (χ1) is 7.65. The van der Waals surface area contributed by atoms with Gasteiger partial charge >= 0.3 is 0 Å². The van der Waals surface area contributed by atoms with Gasteiger partial charge in [-0.25, -0.2) is 0 Å². The second-order valence-corrected chi connectivity index (χ2v) is 3.13. The van der Waals surface area contributed by atoms with Crippen LogP contribution < -0.4 is 0 Å². The molecule has 1 fully saturated rings. The summed E-state index contributed by atoms with van der Waals surface area (Å²) < 4.78 is 4.80. The maximum atomic E-state index is 9.63. The highest BCUT2D eigenvalue weighted by Gasteiger charge is 2.43. The molecule has 1 rings (SSSR count). The van der Waals surface area contributed by atoms with Gasteiger partial charge in [-0.15, -0.1) is 0 Å². The van der Waals surface area contributed by atoms with Crippen LogP contribution >= 0.6 is 0 Å². The Balaban J connectivity index is 2.99. The van der Waals surface area contributed by atoms with E-state index in [1.807, 2.05) is 0 Å². The van der Waals surface area contributed by atoms with Crippen LogP contribution in [0.3, 0.4) is 0 Å². The maximum Gasteiger partial charge on any atom is 0.164 e. The van der Waals surface area contributed by atoms with E-state index in [-0.39, 0.29) is 0 Å². The number of nitrogens with zero attached hydrogens (tertiary/aromatic N) is 6. The van der Waals surface area contributed by atoms with E-state index in [2.05, 4.69) is 20.1 Å². The molecule has 0 spiro atoms. The van der Waals surface area contributed by atoms with Crippen LogP contribution in [0.2, 0.25) is 0 Å². The Morgan fingerprint density at radius 3 is 2.19 bits per heavy atom. The van der Waals surface area contributed by atoms with E-state index in [4.69, 9.17) is 20.9 Å². The SMILES string of the molecule is [N-]=[N+]=N[C@H]1[C@H](O)[C@@H](CO)OC(O)[C@H]1N=[N+]=[N-]. The summed E-state index contributed by atoms with van der Waals surface area (Å²) in [6.07, 6.45) is -3.97. The number of azide groups is 2. The molecule has 0 amide bonds. The molecule has 1 heterocycles. The van der Waals surface area contributed by atoms with Crippen molar-refractivity contribution in [3.63, 3.8) is 0 Å². The number of aliphatic hydroxyl groups excluding tert-OH is 3. The van der Waals surface area contributed by atoms with Crippen molar-refractivity contribution >= 4 is 0 Å². The molecule has 0 aromatic carbocycles. The molecule has 0 saturated carbocycles. The van der Waals surface area contributed by atoms with Gasteiger partial charge in [0.1, 0.15) is 6.10 Å². The molecule has 0 aromatic rings. The fraction of sp³-hybridized carbons (Fsp3) is 1.00. The number of rotatable bonds is 3. The van der Waals surface area contributed by atoms with Crippen LogP contribution in [0.15, 0.2) is 10.2 Å². The number of hydrogen-bond acceptors (Lipinski definition) is 6. The highest BCUT2D eigenvalue weighted by atomic mass is 16.6. The Kier molecular flexibility index (Phi) is 4.32. The average Bonchev–Trinajstić information content (AvgIpc) is 2.28. The largest absolute Gasteiger partial charge is 0.394 e. The summed E-state index contributed by atoms with van der Waals surface area (Å²) in [4.78, 5) is 4.93. The highest BCUT2D eigenvalue weighted by molar-refractivity contribution is 4.97. The molecule has 1 unspecified atom stereocenters. The van der Waals surface area contributed by atoms with E-state index < -0.39 is 37.2 Å². The summed E-state index contributed by atoms with van der Waals surface area (Å²) in [6, 6.07) is -2.40. The van der Waals surface area contributed by atoms with Gasteiger partial charge in [0.15, 0.2) is 6.29 Å². The summed E-state index contributed by atoms with van der Waals surface area (Å²) in [7, 11) is 0. The minimum absolute atomic E-state index is 0.557. The van der Waals surface area contributed by atoms with E-state index in [9.17, 15) is 10.2 Å². The van der Waals surface area contributed by atoms with Crippen molar-refractivity contribution in [2.45, 2.75) is 30.6 Å². The molecule has 0 radical (unpaired) electrons. The molecule has 0 aliphatic carbocycles. The monoisotopic (exact) mass is 230 g/mol. The molecular formula is C6H10N6O4. The van der Waals surface area contributed by atoms with Crippen molar-refractivity contribution in [1.29, 1.82) is 0 Å². The lowest BCUT2D eigenvalue weighted by Gasteiger charge is -2.38. The van der Waals surface area contributed by atoms with Crippen LogP contribution in [-0.4, -0.2) is 52.5 Å². The third-order valence-electron chi connectivity index (χ3n) is 2.24. The van der Waals surface area contributed by atoms with Crippen molar-refractivity contribution in [3.8, 4) is 0 Å². The quantitative estimate of drug-likeness (QED) is 0.335. The Morgan fingerprint density at radius 2 is 1.69 bits per heavy atom. The summed E-state index contributed by atoms with van der Waals surface area (Å²) in [5.74, 6) is 0. The van der Waals surface area contributed by atoms with E-state index in [1.165, 1.54) is 0 Å². The van der Waals surface area contributed by atoms with Crippen LogP contribution in [0.5, 0.6) is 0 Å². The van der Waals surface area contributed by atoms with Crippen molar-refractivity contribution in [3.05, 3.63) is 20.9 Å². The first kappa shape index (κ1) is 12.5. The zero-order valence-electron chi connectivity index (χ0n) is 8.03. The zero-order valence-corrected chi connectivity index (χ0v) is 8.03. The Hall–Kier alpha value is -1.54. The fourth-order valence-electron chi connectivity index (χ4n) is 1.46. The molecule has 16 heavy (non-hydrogen) atoms. The minimum Gasteiger partial charge on any atom is -0.394 e. The molecule has 0 bridgehead atoms. The van der Waals surface area contributed by atoms with Gasteiger partial charge in [-0.3, -0.25) is 0 Å². The molecule has 5 atom stereocenters. The number of ether oxygens (including phenoxy) is 1. The summed E-state index contributed by atoms with van der Waals surface area (Å²) in [6.45, 7) is -0.557. The van der Waals surface area contributed by atoms with Gasteiger partial charge in [0.25, 0.3) is 0 Å². The van der Waals surface area contributed by atoms with Crippen molar-refractivity contribution in [1.82, 2.24) is 0 Å². The Labute approximate surface area is 89.3 Å². The van der Waals surface area contributed by atoms with Gasteiger partial charge in [0.2, 0.25) is 0 Å². The summed E-state index contributed by atoms with van der Waals surface area (Å²) >= 11 is 0. The molecule has 3 N–H and O–H groups in total. The van der Waals surface area contributed by atoms with Crippen molar-refractivity contribution in [2.24, 2.45) is 10.2 Å². The molecule has 10 heteroatoms. The third kappa shape index (κ3) is 2.34. The third-order valence-corrected chi connectivity index (χ3v) is 2.24. The summed E-state index contributed by atoms with van der Waals surface area (Å²) in [5, 5.41) is 34.3. The maximum absolute atomic E-state index is 9.63. The molecule has 0 aromatic heterocycles. The van der Waals surface area contributed by atoms with Crippen LogP contribution in [-0.2, 0) is 4.74 Å². The second-order valence-electron chi connectivity index (χ2n) is 3.13. The lowest BCUT2D eigenvalue weighted by atomic mass is 9.96. The molecule has 1 aliphatic heterocycles. The van der Waals surface area contributed by atoms with Crippen LogP contribution in [0.25, 0.3) is 20.9 Å². The van der Waals surface area contributed by atoms with Crippen LogP contribution in [0.1, 0.15) is 0 Å². The molecule has 1 saturated heterocycles. The molecule has 88 valence electrons. The number of hydrogen-bond donors (Lipinski definition) is 3. The van der Waals surface area contributed by atoms with Gasteiger partial charge in [-0.1, -0.05) is 10.2 Å². The number of aliphatic hydroxyl groups is 3. The van der Waals surface area contributed by atoms with E-state index in [0.717, 1.165) is 0 Å². The van der Waals surface area contributed by atoms with E-state index in [1.54, 1.807) is 0 Å². The van der Waals surface area contributed by atoms with Gasteiger partial charge in [0, 0.05) is 9.82 Å². The predicted octanol–water partition coefficient (Wildman–Crippen LogP) is -0.585. The van der Waals surface area contributed by atoms with Crippen LogP contribution in [0.4, 0.5) is 0 Å². The van der Waals surface area contributed by atoms with Crippen LogP contribution in [0, 0.1) is 0 Å². The average molecular weight is 230 g/mol.